The molecule has 0 amide bonds. The van der Waals surface area contributed by atoms with E-state index in [0.717, 1.165) is 27.9 Å². The molecule has 0 saturated carbocycles. The summed E-state index contributed by atoms with van der Waals surface area (Å²) >= 11 is 3.47. The summed E-state index contributed by atoms with van der Waals surface area (Å²) in [6, 6.07) is 14.6. The molecule has 3 aromatic rings. The fourth-order valence-electron chi connectivity index (χ4n) is 2.63. The predicted molar refractivity (Wildman–Crippen MR) is 81.9 cm³/mol. The topological polar surface area (TPSA) is 17.8 Å². The first kappa shape index (κ1) is 11.0. The van der Waals surface area contributed by atoms with Gasteiger partial charge in [-0.05, 0) is 18.2 Å². The van der Waals surface area contributed by atoms with Crippen molar-refractivity contribution in [3.63, 3.8) is 0 Å². The molecule has 0 aliphatic carbocycles. The lowest BCUT2D eigenvalue weighted by Gasteiger charge is -2.12. The molecular weight excluding hydrogens is 300 g/mol. The number of hydrogen-bond acceptors (Lipinski definition) is 1. The van der Waals surface area contributed by atoms with Gasteiger partial charge in [-0.25, -0.2) is 4.98 Å². The number of imidazole rings is 1. The molecule has 4 rings (SSSR count). The van der Waals surface area contributed by atoms with Crippen LogP contribution in [-0.2, 0) is 6.54 Å². The van der Waals surface area contributed by atoms with Crippen LogP contribution in [0.3, 0.4) is 0 Å². The number of allylic oxidation sites excluding steroid dienone is 1. The predicted octanol–water partition coefficient (Wildman–Crippen LogP) is 4.49. The third-order valence-corrected chi connectivity index (χ3v) is 4.01. The number of benzene rings is 2. The number of halogens is 1. The lowest BCUT2D eigenvalue weighted by atomic mass is 10.1. The summed E-state index contributed by atoms with van der Waals surface area (Å²) < 4.78 is 3.38. The first-order chi connectivity index (χ1) is 9.33. The Balaban J connectivity index is 2.02. The van der Waals surface area contributed by atoms with Gasteiger partial charge in [0.2, 0.25) is 0 Å². The normalized spacial score (nSPS) is 13.1. The van der Waals surface area contributed by atoms with Crippen LogP contribution in [0, 0.1) is 0 Å². The van der Waals surface area contributed by atoms with Gasteiger partial charge in [-0.15, -0.1) is 0 Å². The Hall–Kier alpha value is -1.87. The Morgan fingerprint density at radius 2 is 1.89 bits per heavy atom. The summed E-state index contributed by atoms with van der Waals surface area (Å²) in [6.07, 6.45) is 4.36. The van der Waals surface area contributed by atoms with E-state index >= 15 is 0 Å². The zero-order valence-corrected chi connectivity index (χ0v) is 11.8. The van der Waals surface area contributed by atoms with Crippen LogP contribution in [0.1, 0.15) is 5.56 Å². The molecule has 0 N–H and O–H groups in total. The number of para-hydroxylation sites is 1. The number of nitrogens with zero attached hydrogens (tertiary/aromatic N) is 2. The summed E-state index contributed by atoms with van der Waals surface area (Å²) in [6.45, 7) is 0.888. The van der Waals surface area contributed by atoms with Gasteiger partial charge in [0.15, 0.2) is 0 Å². The van der Waals surface area contributed by atoms with Crippen LogP contribution in [0.2, 0.25) is 0 Å². The molecule has 0 spiro atoms. The van der Waals surface area contributed by atoms with Gasteiger partial charge in [-0.1, -0.05) is 52.3 Å². The van der Waals surface area contributed by atoms with Gasteiger partial charge in [0, 0.05) is 22.1 Å². The van der Waals surface area contributed by atoms with Crippen molar-refractivity contribution in [2.24, 2.45) is 0 Å². The summed E-state index contributed by atoms with van der Waals surface area (Å²) in [5, 5.41) is 0. The lowest BCUT2D eigenvalue weighted by Crippen LogP contribution is -2.02. The molecule has 92 valence electrons. The Morgan fingerprint density at radius 3 is 2.74 bits per heavy atom. The van der Waals surface area contributed by atoms with Crippen LogP contribution in [0.4, 0.5) is 0 Å². The van der Waals surface area contributed by atoms with Crippen LogP contribution in [0.25, 0.3) is 28.5 Å². The molecule has 1 aliphatic heterocycles. The molecule has 19 heavy (non-hydrogen) atoms. The standard InChI is InChI=1S/C16H11BrN2/c17-13-8-6-12(7-9-13)16-18-14-5-1-3-11-4-2-10-19(16)15(11)14/h1-9H,10H2. The lowest BCUT2D eigenvalue weighted by molar-refractivity contribution is 0.855. The zero-order chi connectivity index (χ0) is 12.8. The van der Waals surface area contributed by atoms with Gasteiger partial charge in [0.1, 0.15) is 5.82 Å². The van der Waals surface area contributed by atoms with Crippen LogP contribution < -0.4 is 0 Å². The molecule has 0 unspecified atom stereocenters. The summed E-state index contributed by atoms with van der Waals surface area (Å²) in [5.41, 5.74) is 4.71. The molecule has 0 atom stereocenters. The minimum Gasteiger partial charge on any atom is -0.320 e. The van der Waals surface area contributed by atoms with Crippen molar-refractivity contribution < 1.29 is 0 Å². The summed E-state index contributed by atoms with van der Waals surface area (Å²) in [4.78, 5) is 4.79. The van der Waals surface area contributed by atoms with E-state index in [1.807, 2.05) is 0 Å². The number of rotatable bonds is 1. The minimum atomic E-state index is 0.888. The van der Waals surface area contributed by atoms with E-state index in [0.29, 0.717) is 0 Å². The second-order valence-electron chi connectivity index (χ2n) is 4.67. The smallest absolute Gasteiger partial charge is 0.141 e. The second kappa shape index (κ2) is 4.07. The molecule has 0 radical (unpaired) electrons. The van der Waals surface area contributed by atoms with Crippen molar-refractivity contribution in [2.45, 2.75) is 6.54 Å². The summed E-state index contributed by atoms with van der Waals surface area (Å²) in [7, 11) is 0. The van der Waals surface area contributed by atoms with Crippen LogP contribution in [0.15, 0.2) is 53.0 Å². The molecule has 0 fully saturated rings. The van der Waals surface area contributed by atoms with Crippen molar-refractivity contribution >= 4 is 33.0 Å². The fourth-order valence-corrected chi connectivity index (χ4v) is 2.89. The van der Waals surface area contributed by atoms with Crippen LogP contribution in [-0.4, -0.2) is 9.55 Å². The number of aromatic nitrogens is 2. The molecule has 2 nitrogen and oxygen atoms in total. The fraction of sp³-hybridized carbons (Fsp3) is 0.0625. The molecule has 0 bridgehead atoms. The monoisotopic (exact) mass is 310 g/mol. The third kappa shape index (κ3) is 1.65. The van der Waals surface area contributed by atoms with Gasteiger partial charge in [0.05, 0.1) is 11.0 Å². The first-order valence-corrected chi connectivity index (χ1v) is 7.04. The Bertz CT molecular complexity index is 797. The van der Waals surface area contributed by atoms with E-state index in [1.165, 1.54) is 11.1 Å². The van der Waals surface area contributed by atoms with E-state index in [9.17, 15) is 0 Å². The van der Waals surface area contributed by atoms with Crippen molar-refractivity contribution in [3.8, 4) is 11.4 Å². The van der Waals surface area contributed by atoms with E-state index in [4.69, 9.17) is 4.98 Å². The zero-order valence-electron chi connectivity index (χ0n) is 10.2. The van der Waals surface area contributed by atoms with Crippen molar-refractivity contribution in [3.05, 3.63) is 58.6 Å². The van der Waals surface area contributed by atoms with Gasteiger partial charge < -0.3 is 4.57 Å². The van der Waals surface area contributed by atoms with Crippen LogP contribution in [0.5, 0.6) is 0 Å². The van der Waals surface area contributed by atoms with Crippen LogP contribution >= 0.6 is 15.9 Å². The maximum absolute atomic E-state index is 4.79. The quantitative estimate of drug-likeness (QED) is 0.647. The van der Waals surface area contributed by atoms with Gasteiger partial charge in [-0.2, -0.15) is 0 Å². The first-order valence-electron chi connectivity index (χ1n) is 6.25. The molecule has 1 aromatic heterocycles. The SMILES string of the molecule is Brc1ccc(-c2nc3cccc4c3n2CC=C4)cc1. The Labute approximate surface area is 119 Å². The van der Waals surface area contributed by atoms with E-state index in [1.54, 1.807) is 0 Å². The molecule has 0 saturated heterocycles. The van der Waals surface area contributed by atoms with E-state index in [2.05, 4.69) is 75.1 Å². The van der Waals surface area contributed by atoms with Crippen molar-refractivity contribution in [1.29, 1.82) is 0 Å². The Kier molecular flexibility index (Phi) is 2.35. The highest BCUT2D eigenvalue weighted by molar-refractivity contribution is 9.10. The van der Waals surface area contributed by atoms with E-state index in [-0.39, 0.29) is 0 Å². The van der Waals surface area contributed by atoms with Gasteiger partial charge in [-0.3, -0.25) is 0 Å². The van der Waals surface area contributed by atoms with Gasteiger partial charge in [0.25, 0.3) is 0 Å². The average molecular weight is 311 g/mol. The highest BCUT2D eigenvalue weighted by atomic mass is 79.9. The molecule has 3 heteroatoms. The second-order valence-corrected chi connectivity index (χ2v) is 5.59. The van der Waals surface area contributed by atoms with Crippen molar-refractivity contribution in [1.82, 2.24) is 9.55 Å². The van der Waals surface area contributed by atoms with Gasteiger partial charge >= 0.3 is 0 Å². The summed E-state index contributed by atoms with van der Waals surface area (Å²) in [5.74, 6) is 1.04. The molecule has 2 aromatic carbocycles. The molecule has 1 aliphatic rings. The largest absolute Gasteiger partial charge is 0.320 e. The number of hydrogen-bond donors (Lipinski definition) is 0. The highest BCUT2D eigenvalue weighted by Crippen LogP contribution is 2.30. The maximum Gasteiger partial charge on any atom is 0.141 e. The maximum atomic E-state index is 4.79. The molecule has 2 heterocycles. The van der Waals surface area contributed by atoms with E-state index < -0.39 is 0 Å². The third-order valence-electron chi connectivity index (χ3n) is 3.49. The average Bonchev–Trinajstić information content (AvgIpc) is 2.82. The Morgan fingerprint density at radius 1 is 1.05 bits per heavy atom. The minimum absolute atomic E-state index is 0.888. The van der Waals surface area contributed by atoms with Crippen molar-refractivity contribution in [2.75, 3.05) is 0 Å². The molecular formula is C16H11BrN2. The highest BCUT2D eigenvalue weighted by Gasteiger charge is 2.15.